The van der Waals surface area contributed by atoms with Crippen molar-refractivity contribution in [1.82, 2.24) is 9.55 Å². The van der Waals surface area contributed by atoms with Crippen LogP contribution < -0.4 is 15.2 Å². The highest BCUT2D eigenvalue weighted by Gasteiger charge is 2.30. The van der Waals surface area contributed by atoms with Crippen LogP contribution in [0.25, 0.3) is 28.2 Å². The summed E-state index contributed by atoms with van der Waals surface area (Å²) in [5.74, 6) is 0.951. The van der Waals surface area contributed by atoms with Gasteiger partial charge >= 0.3 is 0 Å². The molecular formula is C26H21N3O3. The molecule has 1 aliphatic heterocycles. The minimum atomic E-state index is -0.198. The van der Waals surface area contributed by atoms with E-state index in [9.17, 15) is 9.59 Å². The van der Waals surface area contributed by atoms with E-state index in [0.717, 1.165) is 16.8 Å². The number of aryl methyl sites for hydroxylation is 1. The molecule has 0 spiro atoms. The van der Waals surface area contributed by atoms with E-state index >= 15 is 0 Å². The third-order valence-electron chi connectivity index (χ3n) is 5.74. The number of benzene rings is 3. The molecule has 0 bridgehead atoms. The lowest BCUT2D eigenvalue weighted by atomic mass is 10.0. The van der Waals surface area contributed by atoms with E-state index < -0.39 is 0 Å². The molecule has 4 aromatic rings. The number of methoxy groups -OCH3 is 1. The van der Waals surface area contributed by atoms with Gasteiger partial charge in [0.2, 0.25) is 0 Å². The summed E-state index contributed by atoms with van der Waals surface area (Å²) in [5, 5.41) is 0.511. The summed E-state index contributed by atoms with van der Waals surface area (Å²) in [6, 6.07) is 20.3. The Morgan fingerprint density at radius 1 is 0.969 bits per heavy atom. The molecule has 6 nitrogen and oxygen atoms in total. The van der Waals surface area contributed by atoms with Gasteiger partial charge < -0.3 is 9.64 Å². The highest BCUT2D eigenvalue weighted by molar-refractivity contribution is 6.35. The fourth-order valence-corrected chi connectivity index (χ4v) is 4.06. The Hall–Kier alpha value is -4.19. The van der Waals surface area contributed by atoms with Crippen LogP contribution in [-0.2, 0) is 4.79 Å². The fourth-order valence-electron chi connectivity index (χ4n) is 4.06. The number of hydrogen-bond donors (Lipinski definition) is 0. The molecule has 5 rings (SSSR count). The van der Waals surface area contributed by atoms with E-state index in [2.05, 4.69) is 0 Å². The van der Waals surface area contributed by atoms with Crippen LogP contribution in [0.1, 0.15) is 17.0 Å². The Kier molecular flexibility index (Phi) is 4.63. The maximum Gasteiger partial charge on any atom is 0.266 e. The Morgan fingerprint density at radius 2 is 1.72 bits per heavy atom. The van der Waals surface area contributed by atoms with Crippen molar-refractivity contribution in [3.8, 4) is 11.4 Å². The van der Waals surface area contributed by atoms with Crippen molar-refractivity contribution in [3.63, 3.8) is 0 Å². The van der Waals surface area contributed by atoms with Gasteiger partial charge in [-0.25, -0.2) is 4.98 Å². The second-order valence-corrected chi connectivity index (χ2v) is 7.77. The van der Waals surface area contributed by atoms with Crippen molar-refractivity contribution in [2.24, 2.45) is 0 Å². The molecule has 2 heterocycles. The fraction of sp³-hybridized carbons (Fsp3) is 0.115. The van der Waals surface area contributed by atoms with Crippen LogP contribution in [0.2, 0.25) is 0 Å². The molecule has 1 amide bonds. The number of anilines is 1. The number of hydrogen-bond acceptors (Lipinski definition) is 4. The van der Waals surface area contributed by atoms with E-state index in [1.165, 1.54) is 4.57 Å². The summed E-state index contributed by atoms with van der Waals surface area (Å²) in [6.45, 7) is 1.99. The van der Waals surface area contributed by atoms with Gasteiger partial charge in [0.05, 0.1) is 35.0 Å². The molecule has 32 heavy (non-hydrogen) atoms. The van der Waals surface area contributed by atoms with Crippen LogP contribution >= 0.6 is 0 Å². The molecule has 1 aliphatic rings. The van der Waals surface area contributed by atoms with Gasteiger partial charge in [0.15, 0.2) is 0 Å². The molecule has 0 unspecified atom stereocenters. The van der Waals surface area contributed by atoms with E-state index in [-0.39, 0.29) is 11.5 Å². The molecule has 6 heteroatoms. The molecule has 158 valence electrons. The number of carbonyl (C=O) groups excluding carboxylic acids is 1. The van der Waals surface area contributed by atoms with Crippen LogP contribution in [0.5, 0.6) is 5.75 Å². The van der Waals surface area contributed by atoms with Crippen LogP contribution in [-0.4, -0.2) is 29.6 Å². The Bertz CT molecular complexity index is 1470. The zero-order valence-corrected chi connectivity index (χ0v) is 18.0. The van der Waals surface area contributed by atoms with Crippen molar-refractivity contribution < 1.29 is 9.53 Å². The van der Waals surface area contributed by atoms with Gasteiger partial charge in [-0.3, -0.25) is 14.2 Å². The molecular weight excluding hydrogens is 402 g/mol. The summed E-state index contributed by atoms with van der Waals surface area (Å²) in [4.78, 5) is 33.0. The smallest absolute Gasteiger partial charge is 0.266 e. The van der Waals surface area contributed by atoms with Gasteiger partial charge in [-0.2, -0.15) is 0 Å². The first-order chi connectivity index (χ1) is 15.5. The van der Waals surface area contributed by atoms with Gasteiger partial charge in [-0.1, -0.05) is 23.8 Å². The Morgan fingerprint density at radius 3 is 2.47 bits per heavy atom. The molecule has 0 fully saturated rings. The number of carbonyl (C=O) groups is 1. The summed E-state index contributed by atoms with van der Waals surface area (Å²) in [5.41, 5.74) is 4.26. The number of likely N-dealkylation sites (N-methyl/N-ethyl adjacent to an activating group) is 1. The first kappa shape index (κ1) is 19.8. The predicted molar refractivity (Wildman–Crippen MR) is 126 cm³/mol. The number of rotatable bonds is 3. The predicted octanol–water partition coefficient (Wildman–Crippen LogP) is 4.22. The average Bonchev–Trinajstić information content (AvgIpc) is 3.03. The van der Waals surface area contributed by atoms with Crippen molar-refractivity contribution >= 4 is 34.1 Å². The number of fused-ring (bicyclic) bond motifs is 2. The van der Waals surface area contributed by atoms with Crippen LogP contribution in [0, 0.1) is 6.92 Å². The van der Waals surface area contributed by atoms with Crippen LogP contribution in [0.3, 0.4) is 0 Å². The monoisotopic (exact) mass is 423 g/mol. The van der Waals surface area contributed by atoms with Gasteiger partial charge in [-0.15, -0.1) is 0 Å². The normalized spacial score (nSPS) is 14.3. The van der Waals surface area contributed by atoms with Gasteiger partial charge in [0, 0.05) is 12.6 Å². The van der Waals surface area contributed by atoms with E-state index in [1.807, 2.05) is 37.3 Å². The Balaban J connectivity index is 1.80. The maximum absolute atomic E-state index is 13.5. The number of aromatic nitrogens is 2. The molecule has 0 saturated heterocycles. The lowest BCUT2D eigenvalue weighted by molar-refractivity contribution is -0.112. The van der Waals surface area contributed by atoms with E-state index in [1.54, 1.807) is 61.5 Å². The van der Waals surface area contributed by atoms with Crippen LogP contribution in [0.4, 0.5) is 5.69 Å². The second-order valence-electron chi connectivity index (χ2n) is 7.77. The van der Waals surface area contributed by atoms with Crippen molar-refractivity contribution in [2.75, 3.05) is 19.1 Å². The highest BCUT2D eigenvalue weighted by atomic mass is 16.5. The summed E-state index contributed by atoms with van der Waals surface area (Å²) in [7, 11) is 3.35. The van der Waals surface area contributed by atoms with E-state index in [4.69, 9.17) is 9.72 Å². The molecule has 0 N–H and O–H groups in total. The number of nitrogens with zero attached hydrogens (tertiary/aromatic N) is 3. The minimum Gasteiger partial charge on any atom is -0.497 e. The quantitative estimate of drug-likeness (QED) is 0.463. The average molecular weight is 423 g/mol. The summed E-state index contributed by atoms with van der Waals surface area (Å²) >= 11 is 0. The van der Waals surface area contributed by atoms with Crippen LogP contribution in [0.15, 0.2) is 71.5 Å². The molecule has 3 aromatic carbocycles. The first-order valence-electron chi connectivity index (χ1n) is 10.2. The summed E-state index contributed by atoms with van der Waals surface area (Å²) < 4.78 is 6.79. The topological polar surface area (TPSA) is 64.4 Å². The second kappa shape index (κ2) is 7.50. The van der Waals surface area contributed by atoms with Gasteiger partial charge in [0.1, 0.15) is 11.6 Å². The number of ether oxygens (including phenoxy) is 1. The van der Waals surface area contributed by atoms with Gasteiger partial charge in [0.25, 0.3) is 11.5 Å². The molecule has 0 aliphatic carbocycles. The zero-order chi connectivity index (χ0) is 22.4. The molecule has 0 saturated carbocycles. The zero-order valence-electron chi connectivity index (χ0n) is 18.0. The number of amides is 1. The standard InChI is InChI=1S/C26H21N3O3/c1-16-8-13-23-20(14-16)21(25(30)28(23)2)15-24-27-22-7-5-4-6-19(22)26(31)29(24)17-9-11-18(32-3)12-10-17/h4-15H,1-3H3/b21-15-. The third-order valence-corrected chi connectivity index (χ3v) is 5.74. The lowest BCUT2D eigenvalue weighted by Crippen LogP contribution is -2.23. The third kappa shape index (κ3) is 3.08. The van der Waals surface area contributed by atoms with Crippen molar-refractivity contribution in [3.05, 3.63) is 94.0 Å². The van der Waals surface area contributed by atoms with E-state index in [0.29, 0.717) is 33.7 Å². The van der Waals surface area contributed by atoms with Crippen molar-refractivity contribution in [1.29, 1.82) is 0 Å². The molecule has 0 radical (unpaired) electrons. The Labute approximate surface area is 185 Å². The minimum absolute atomic E-state index is 0.130. The molecule has 0 atom stereocenters. The SMILES string of the molecule is COc1ccc(-n2c(/C=C3\C(=O)N(C)c4ccc(C)cc43)nc3ccccc3c2=O)cc1. The molecule has 1 aromatic heterocycles. The summed E-state index contributed by atoms with van der Waals surface area (Å²) in [6.07, 6.45) is 1.71. The lowest BCUT2D eigenvalue weighted by Gasteiger charge is -2.13. The first-order valence-corrected chi connectivity index (χ1v) is 10.2. The van der Waals surface area contributed by atoms with Gasteiger partial charge in [-0.05, 0) is 61.5 Å². The van der Waals surface area contributed by atoms with Crippen molar-refractivity contribution in [2.45, 2.75) is 6.92 Å². The number of para-hydroxylation sites is 1. The largest absolute Gasteiger partial charge is 0.497 e. The highest BCUT2D eigenvalue weighted by Crippen LogP contribution is 2.37. The maximum atomic E-state index is 13.5.